The standard InChI is InChI=1S/C23H26N2O4/c1-24(23(27)16-29-20-8-7-18-10-12-28-22(18)13-20)21(17-5-3-2-4-6-17)15-25-11-9-19(26)14-25/h2-8,10,12-13,19,21,26H,9,11,14-16H2,1H3. The number of likely N-dealkylation sites (tertiary alicyclic amines) is 1. The van der Waals surface area contributed by atoms with E-state index in [2.05, 4.69) is 4.90 Å². The number of likely N-dealkylation sites (N-methyl/N-ethyl adjacent to an activating group) is 1. The van der Waals surface area contributed by atoms with Gasteiger partial charge in [0.25, 0.3) is 5.91 Å². The van der Waals surface area contributed by atoms with Crippen LogP contribution in [-0.4, -0.2) is 60.2 Å². The molecule has 4 rings (SSSR count). The Morgan fingerprint density at radius 2 is 2.10 bits per heavy atom. The van der Waals surface area contributed by atoms with Crippen LogP contribution in [-0.2, 0) is 4.79 Å². The predicted octanol–water partition coefficient (Wildman–Crippen LogP) is 3.08. The molecule has 0 saturated carbocycles. The number of hydrogen-bond acceptors (Lipinski definition) is 5. The Hall–Kier alpha value is -2.83. The van der Waals surface area contributed by atoms with Crippen molar-refractivity contribution in [1.29, 1.82) is 0 Å². The molecule has 1 aliphatic heterocycles. The van der Waals surface area contributed by atoms with Crippen LogP contribution in [0.1, 0.15) is 18.0 Å². The highest BCUT2D eigenvalue weighted by Crippen LogP contribution is 2.24. The summed E-state index contributed by atoms with van der Waals surface area (Å²) in [6.45, 7) is 2.12. The minimum atomic E-state index is -0.285. The quantitative estimate of drug-likeness (QED) is 0.667. The van der Waals surface area contributed by atoms with Crippen molar-refractivity contribution in [3.63, 3.8) is 0 Å². The topological polar surface area (TPSA) is 66.2 Å². The zero-order chi connectivity index (χ0) is 20.2. The van der Waals surface area contributed by atoms with Gasteiger partial charge in [-0.05, 0) is 30.2 Å². The van der Waals surface area contributed by atoms with Crippen LogP contribution in [0.3, 0.4) is 0 Å². The smallest absolute Gasteiger partial charge is 0.260 e. The molecule has 6 nitrogen and oxygen atoms in total. The molecule has 2 unspecified atom stereocenters. The molecule has 3 aromatic rings. The molecule has 152 valence electrons. The van der Waals surface area contributed by atoms with Gasteiger partial charge in [-0.25, -0.2) is 0 Å². The van der Waals surface area contributed by atoms with Gasteiger partial charge in [-0.3, -0.25) is 9.69 Å². The molecule has 29 heavy (non-hydrogen) atoms. The van der Waals surface area contributed by atoms with E-state index < -0.39 is 0 Å². The van der Waals surface area contributed by atoms with Gasteiger partial charge in [0, 0.05) is 38.1 Å². The van der Waals surface area contributed by atoms with E-state index in [-0.39, 0.29) is 24.7 Å². The summed E-state index contributed by atoms with van der Waals surface area (Å²) in [5.74, 6) is 0.506. The maximum absolute atomic E-state index is 12.9. The van der Waals surface area contributed by atoms with Gasteiger partial charge in [-0.15, -0.1) is 0 Å². The van der Waals surface area contributed by atoms with Crippen LogP contribution >= 0.6 is 0 Å². The molecular weight excluding hydrogens is 368 g/mol. The Labute approximate surface area is 170 Å². The number of furan rings is 1. The number of carbonyl (C=O) groups is 1. The number of nitrogens with zero attached hydrogens (tertiary/aromatic N) is 2. The van der Waals surface area contributed by atoms with E-state index in [1.807, 2.05) is 55.6 Å². The van der Waals surface area contributed by atoms with Crippen LogP contribution in [0.4, 0.5) is 0 Å². The summed E-state index contributed by atoms with van der Waals surface area (Å²) >= 11 is 0. The van der Waals surface area contributed by atoms with Gasteiger partial charge in [0.1, 0.15) is 11.3 Å². The second kappa shape index (κ2) is 8.68. The molecule has 1 aromatic heterocycles. The average molecular weight is 394 g/mol. The fourth-order valence-electron chi connectivity index (χ4n) is 3.79. The lowest BCUT2D eigenvalue weighted by Crippen LogP contribution is -2.40. The van der Waals surface area contributed by atoms with Crippen molar-refractivity contribution < 1.29 is 19.1 Å². The van der Waals surface area contributed by atoms with E-state index in [1.165, 1.54) is 0 Å². The summed E-state index contributed by atoms with van der Waals surface area (Å²) in [5.41, 5.74) is 1.81. The van der Waals surface area contributed by atoms with Crippen molar-refractivity contribution in [1.82, 2.24) is 9.80 Å². The summed E-state index contributed by atoms with van der Waals surface area (Å²) in [5, 5.41) is 10.8. The Morgan fingerprint density at radius 3 is 2.86 bits per heavy atom. The molecule has 6 heteroatoms. The Balaban J connectivity index is 1.44. The number of carbonyl (C=O) groups excluding carboxylic acids is 1. The number of ether oxygens (including phenoxy) is 1. The molecule has 1 saturated heterocycles. The number of rotatable bonds is 7. The van der Waals surface area contributed by atoms with E-state index in [1.54, 1.807) is 17.2 Å². The van der Waals surface area contributed by atoms with Crippen molar-refractivity contribution in [2.75, 3.05) is 33.3 Å². The molecule has 1 N–H and O–H groups in total. The van der Waals surface area contributed by atoms with E-state index in [0.717, 1.165) is 29.5 Å². The number of β-amino-alcohol motifs (C(OH)–C–C–N with tert-alkyl or cyclic N) is 1. The molecule has 0 bridgehead atoms. The van der Waals surface area contributed by atoms with Crippen LogP contribution in [0.25, 0.3) is 11.0 Å². The average Bonchev–Trinajstić information content (AvgIpc) is 3.38. The molecule has 2 heterocycles. The second-order valence-corrected chi connectivity index (χ2v) is 7.54. The summed E-state index contributed by atoms with van der Waals surface area (Å²) in [4.78, 5) is 16.8. The molecule has 0 radical (unpaired) electrons. The zero-order valence-corrected chi connectivity index (χ0v) is 16.5. The fourth-order valence-corrected chi connectivity index (χ4v) is 3.79. The first kappa shape index (κ1) is 19.5. The minimum Gasteiger partial charge on any atom is -0.484 e. The molecular formula is C23H26N2O4. The van der Waals surface area contributed by atoms with Crippen LogP contribution in [0, 0.1) is 0 Å². The predicted molar refractivity (Wildman–Crippen MR) is 111 cm³/mol. The summed E-state index contributed by atoms with van der Waals surface area (Å²) < 4.78 is 11.1. The lowest BCUT2D eigenvalue weighted by atomic mass is 10.0. The SMILES string of the molecule is CN(C(=O)COc1ccc2ccoc2c1)C(CN1CCC(O)C1)c1ccccc1. The zero-order valence-electron chi connectivity index (χ0n) is 16.5. The van der Waals surface area contributed by atoms with Crippen molar-refractivity contribution in [2.45, 2.75) is 18.6 Å². The minimum absolute atomic E-state index is 0.0470. The number of amides is 1. The van der Waals surface area contributed by atoms with Crippen LogP contribution < -0.4 is 4.74 Å². The summed E-state index contributed by atoms with van der Waals surface area (Å²) in [6.07, 6.45) is 2.12. The van der Waals surface area contributed by atoms with Gasteiger partial charge in [0.15, 0.2) is 6.61 Å². The van der Waals surface area contributed by atoms with E-state index in [0.29, 0.717) is 18.8 Å². The van der Waals surface area contributed by atoms with Crippen LogP contribution in [0.15, 0.2) is 65.3 Å². The molecule has 1 fully saturated rings. The van der Waals surface area contributed by atoms with Crippen LogP contribution in [0.2, 0.25) is 0 Å². The molecule has 0 aliphatic carbocycles. The first-order valence-electron chi connectivity index (χ1n) is 9.91. The Morgan fingerprint density at radius 1 is 1.28 bits per heavy atom. The number of benzene rings is 2. The molecule has 2 atom stereocenters. The monoisotopic (exact) mass is 394 g/mol. The second-order valence-electron chi connectivity index (χ2n) is 7.54. The molecule has 1 aliphatic rings. The third-order valence-electron chi connectivity index (χ3n) is 5.51. The maximum atomic E-state index is 12.9. The fraction of sp³-hybridized carbons (Fsp3) is 0.348. The van der Waals surface area contributed by atoms with E-state index in [9.17, 15) is 9.90 Å². The lowest BCUT2D eigenvalue weighted by molar-refractivity contribution is -0.134. The van der Waals surface area contributed by atoms with Gasteiger partial charge in [0.05, 0.1) is 18.4 Å². The Bertz CT molecular complexity index is 956. The highest BCUT2D eigenvalue weighted by atomic mass is 16.5. The lowest BCUT2D eigenvalue weighted by Gasteiger charge is -2.32. The summed E-state index contributed by atoms with van der Waals surface area (Å²) in [7, 11) is 1.81. The van der Waals surface area contributed by atoms with Crippen molar-refractivity contribution >= 4 is 16.9 Å². The third kappa shape index (κ3) is 4.60. The van der Waals surface area contributed by atoms with Crippen LogP contribution in [0.5, 0.6) is 5.75 Å². The van der Waals surface area contributed by atoms with Gasteiger partial charge in [-0.2, -0.15) is 0 Å². The largest absolute Gasteiger partial charge is 0.484 e. The number of aliphatic hydroxyl groups excluding tert-OH is 1. The first-order chi connectivity index (χ1) is 14.1. The van der Waals surface area contributed by atoms with Crippen molar-refractivity contribution in [2.24, 2.45) is 0 Å². The van der Waals surface area contributed by atoms with E-state index in [4.69, 9.17) is 9.15 Å². The highest BCUT2D eigenvalue weighted by molar-refractivity contribution is 5.80. The van der Waals surface area contributed by atoms with Crippen molar-refractivity contribution in [3.05, 3.63) is 66.4 Å². The van der Waals surface area contributed by atoms with Crippen molar-refractivity contribution in [3.8, 4) is 5.75 Å². The molecule has 0 spiro atoms. The number of fused-ring (bicyclic) bond motifs is 1. The van der Waals surface area contributed by atoms with Gasteiger partial charge < -0.3 is 19.2 Å². The van der Waals surface area contributed by atoms with E-state index >= 15 is 0 Å². The highest BCUT2D eigenvalue weighted by Gasteiger charge is 2.28. The normalized spacial score (nSPS) is 18.1. The number of hydrogen-bond donors (Lipinski definition) is 1. The third-order valence-corrected chi connectivity index (χ3v) is 5.51. The Kier molecular flexibility index (Phi) is 5.83. The number of aliphatic hydroxyl groups is 1. The summed E-state index contributed by atoms with van der Waals surface area (Å²) in [6, 6.07) is 17.3. The molecule has 2 aromatic carbocycles. The maximum Gasteiger partial charge on any atom is 0.260 e. The van der Waals surface area contributed by atoms with Gasteiger partial charge in [-0.1, -0.05) is 30.3 Å². The molecule has 1 amide bonds. The van der Waals surface area contributed by atoms with Gasteiger partial charge >= 0.3 is 0 Å². The van der Waals surface area contributed by atoms with Gasteiger partial charge in [0.2, 0.25) is 0 Å². The first-order valence-corrected chi connectivity index (χ1v) is 9.91.